The molecule has 0 bridgehead atoms. The fraction of sp³-hybridized carbons (Fsp3) is 0.200. The number of para-hydroxylation sites is 1. The SMILES string of the molecule is Cc1c(-c2ccc(Cl)cc2)nc2ccccc2c1C(=O)NC(C)C. The molecule has 0 saturated carbocycles. The quantitative estimate of drug-likeness (QED) is 0.730. The van der Waals surface area contributed by atoms with Gasteiger partial charge in [-0.2, -0.15) is 0 Å². The summed E-state index contributed by atoms with van der Waals surface area (Å²) in [7, 11) is 0. The Hall–Kier alpha value is -2.39. The van der Waals surface area contributed by atoms with E-state index in [0.29, 0.717) is 10.6 Å². The zero-order chi connectivity index (χ0) is 17.3. The molecule has 3 nitrogen and oxygen atoms in total. The minimum absolute atomic E-state index is 0.0720. The highest BCUT2D eigenvalue weighted by atomic mass is 35.5. The molecule has 0 unspecified atom stereocenters. The molecule has 122 valence electrons. The molecule has 0 fully saturated rings. The van der Waals surface area contributed by atoms with Crippen LogP contribution in [0.15, 0.2) is 48.5 Å². The summed E-state index contributed by atoms with van der Waals surface area (Å²) in [6, 6.07) is 15.3. The molecule has 3 aromatic rings. The lowest BCUT2D eigenvalue weighted by Crippen LogP contribution is -2.31. The highest BCUT2D eigenvalue weighted by Crippen LogP contribution is 2.30. The lowest BCUT2D eigenvalue weighted by atomic mass is 9.97. The van der Waals surface area contributed by atoms with Crippen molar-refractivity contribution in [2.24, 2.45) is 0 Å². The van der Waals surface area contributed by atoms with Crippen molar-refractivity contribution >= 4 is 28.4 Å². The Bertz CT molecular complexity index is 901. The number of nitrogens with one attached hydrogen (secondary N) is 1. The Morgan fingerprint density at radius 3 is 2.42 bits per heavy atom. The van der Waals surface area contributed by atoms with Gasteiger partial charge >= 0.3 is 0 Å². The number of carbonyl (C=O) groups excluding carboxylic acids is 1. The van der Waals surface area contributed by atoms with Gasteiger partial charge in [-0.1, -0.05) is 41.9 Å². The zero-order valence-corrected chi connectivity index (χ0v) is 14.7. The highest BCUT2D eigenvalue weighted by Gasteiger charge is 2.19. The molecule has 0 saturated heterocycles. The maximum atomic E-state index is 12.8. The topological polar surface area (TPSA) is 42.0 Å². The number of fused-ring (bicyclic) bond motifs is 1. The summed E-state index contributed by atoms with van der Waals surface area (Å²) in [5, 5.41) is 4.53. The van der Waals surface area contributed by atoms with Crippen molar-refractivity contribution in [2.45, 2.75) is 26.8 Å². The van der Waals surface area contributed by atoms with Gasteiger partial charge in [-0.25, -0.2) is 4.98 Å². The molecule has 0 aliphatic rings. The van der Waals surface area contributed by atoms with E-state index in [-0.39, 0.29) is 11.9 Å². The number of hydrogen-bond acceptors (Lipinski definition) is 2. The van der Waals surface area contributed by atoms with Crippen LogP contribution in [-0.4, -0.2) is 16.9 Å². The number of amides is 1. The van der Waals surface area contributed by atoms with Crippen LogP contribution in [0, 0.1) is 6.92 Å². The van der Waals surface area contributed by atoms with E-state index in [4.69, 9.17) is 16.6 Å². The van der Waals surface area contributed by atoms with Gasteiger partial charge < -0.3 is 5.32 Å². The van der Waals surface area contributed by atoms with E-state index in [1.165, 1.54) is 0 Å². The Labute approximate surface area is 146 Å². The predicted octanol–water partition coefficient (Wildman–Crippen LogP) is 5.00. The molecular formula is C20H19ClN2O. The third-order valence-electron chi connectivity index (χ3n) is 3.90. The van der Waals surface area contributed by atoms with Crippen LogP contribution in [0.2, 0.25) is 5.02 Å². The van der Waals surface area contributed by atoms with Gasteiger partial charge in [-0.05, 0) is 44.5 Å². The Kier molecular flexibility index (Phi) is 4.54. The summed E-state index contributed by atoms with van der Waals surface area (Å²) in [6.45, 7) is 5.85. The van der Waals surface area contributed by atoms with Gasteiger partial charge in [0, 0.05) is 22.0 Å². The Morgan fingerprint density at radius 1 is 1.08 bits per heavy atom. The van der Waals surface area contributed by atoms with Gasteiger partial charge in [0.15, 0.2) is 0 Å². The van der Waals surface area contributed by atoms with E-state index in [0.717, 1.165) is 27.7 Å². The molecule has 1 heterocycles. The van der Waals surface area contributed by atoms with Crippen LogP contribution in [-0.2, 0) is 0 Å². The molecular weight excluding hydrogens is 320 g/mol. The molecule has 1 aromatic heterocycles. The van der Waals surface area contributed by atoms with E-state index in [2.05, 4.69) is 5.32 Å². The van der Waals surface area contributed by atoms with Crippen LogP contribution in [0.25, 0.3) is 22.2 Å². The number of aromatic nitrogens is 1. The second kappa shape index (κ2) is 6.62. The largest absolute Gasteiger partial charge is 0.350 e. The fourth-order valence-electron chi connectivity index (χ4n) is 2.82. The first-order valence-corrected chi connectivity index (χ1v) is 8.31. The second-order valence-corrected chi connectivity index (χ2v) is 6.55. The number of rotatable bonds is 3. The summed E-state index contributed by atoms with van der Waals surface area (Å²) >= 11 is 5.99. The molecule has 24 heavy (non-hydrogen) atoms. The second-order valence-electron chi connectivity index (χ2n) is 6.11. The minimum atomic E-state index is -0.0729. The van der Waals surface area contributed by atoms with Crippen molar-refractivity contribution < 1.29 is 4.79 Å². The minimum Gasteiger partial charge on any atom is -0.350 e. The van der Waals surface area contributed by atoms with Gasteiger partial charge in [0.1, 0.15) is 0 Å². The molecule has 3 rings (SSSR count). The van der Waals surface area contributed by atoms with Crippen molar-refractivity contribution in [3.8, 4) is 11.3 Å². The molecule has 1 amide bonds. The molecule has 0 atom stereocenters. The number of nitrogens with zero attached hydrogens (tertiary/aromatic N) is 1. The smallest absolute Gasteiger partial charge is 0.252 e. The number of halogens is 1. The third-order valence-corrected chi connectivity index (χ3v) is 4.15. The van der Waals surface area contributed by atoms with Crippen LogP contribution in [0.5, 0.6) is 0 Å². The number of carbonyl (C=O) groups is 1. The van der Waals surface area contributed by atoms with E-state index in [9.17, 15) is 4.79 Å². The molecule has 4 heteroatoms. The number of pyridine rings is 1. The summed E-state index contributed by atoms with van der Waals surface area (Å²) in [5.74, 6) is -0.0729. The third kappa shape index (κ3) is 3.13. The molecule has 0 radical (unpaired) electrons. The van der Waals surface area contributed by atoms with Crippen LogP contribution < -0.4 is 5.32 Å². The van der Waals surface area contributed by atoms with Crippen molar-refractivity contribution in [1.29, 1.82) is 0 Å². The summed E-state index contributed by atoms with van der Waals surface area (Å²) in [4.78, 5) is 17.5. The number of benzene rings is 2. The van der Waals surface area contributed by atoms with Crippen LogP contribution in [0.1, 0.15) is 29.8 Å². The van der Waals surface area contributed by atoms with Gasteiger partial charge in [0.2, 0.25) is 0 Å². The molecule has 0 aliphatic carbocycles. The summed E-state index contributed by atoms with van der Waals surface area (Å²) in [6.07, 6.45) is 0. The van der Waals surface area contributed by atoms with E-state index in [1.54, 1.807) is 0 Å². The van der Waals surface area contributed by atoms with Crippen LogP contribution >= 0.6 is 11.6 Å². The first-order chi connectivity index (χ1) is 11.5. The molecule has 0 spiro atoms. The first kappa shape index (κ1) is 16.5. The van der Waals surface area contributed by atoms with Crippen molar-refractivity contribution in [2.75, 3.05) is 0 Å². The first-order valence-electron chi connectivity index (χ1n) is 7.93. The van der Waals surface area contributed by atoms with Crippen molar-refractivity contribution in [3.63, 3.8) is 0 Å². The summed E-state index contributed by atoms with van der Waals surface area (Å²) in [5.41, 5.74) is 4.11. The Balaban J connectivity index is 2.26. The van der Waals surface area contributed by atoms with Crippen LogP contribution in [0.4, 0.5) is 0 Å². The maximum absolute atomic E-state index is 12.8. The Morgan fingerprint density at radius 2 is 1.75 bits per heavy atom. The van der Waals surface area contributed by atoms with E-state index in [1.807, 2.05) is 69.3 Å². The highest BCUT2D eigenvalue weighted by molar-refractivity contribution is 6.30. The lowest BCUT2D eigenvalue weighted by Gasteiger charge is -2.16. The van der Waals surface area contributed by atoms with Gasteiger partial charge in [0.25, 0.3) is 5.91 Å². The standard InChI is InChI=1S/C20H19ClN2O/c1-12(2)22-20(24)18-13(3)19(14-8-10-15(21)11-9-14)23-17-7-5-4-6-16(17)18/h4-12H,1-3H3,(H,22,24). The van der Waals surface area contributed by atoms with Crippen molar-refractivity contribution in [3.05, 3.63) is 64.7 Å². The van der Waals surface area contributed by atoms with Gasteiger partial charge in [-0.3, -0.25) is 4.79 Å². The molecule has 2 aromatic carbocycles. The normalized spacial score (nSPS) is 11.0. The predicted molar refractivity (Wildman–Crippen MR) is 99.5 cm³/mol. The molecule has 0 aliphatic heterocycles. The van der Waals surface area contributed by atoms with E-state index < -0.39 is 0 Å². The number of hydrogen-bond donors (Lipinski definition) is 1. The zero-order valence-electron chi connectivity index (χ0n) is 13.9. The monoisotopic (exact) mass is 338 g/mol. The lowest BCUT2D eigenvalue weighted by molar-refractivity contribution is 0.0944. The fourth-order valence-corrected chi connectivity index (χ4v) is 2.95. The van der Waals surface area contributed by atoms with E-state index >= 15 is 0 Å². The average Bonchev–Trinajstić information content (AvgIpc) is 2.54. The van der Waals surface area contributed by atoms with Gasteiger partial charge in [-0.15, -0.1) is 0 Å². The average molecular weight is 339 g/mol. The summed E-state index contributed by atoms with van der Waals surface area (Å²) < 4.78 is 0. The van der Waals surface area contributed by atoms with Crippen LogP contribution in [0.3, 0.4) is 0 Å². The molecule has 1 N–H and O–H groups in total. The maximum Gasteiger partial charge on any atom is 0.252 e. The van der Waals surface area contributed by atoms with Crippen molar-refractivity contribution in [1.82, 2.24) is 10.3 Å². The van der Waals surface area contributed by atoms with Gasteiger partial charge in [0.05, 0.1) is 16.8 Å².